The van der Waals surface area contributed by atoms with Crippen molar-refractivity contribution in [2.24, 2.45) is 11.8 Å². The van der Waals surface area contributed by atoms with E-state index in [-0.39, 0.29) is 30.7 Å². The number of carbonyl (C=O) groups is 1. The van der Waals surface area contributed by atoms with E-state index in [2.05, 4.69) is 59.9 Å². The van der Waals surface area contributed by atoms with E-state index in [9.17, 15) is 10.1 Å². The number of anilines is 1. The maximum Gasteiger partial charge on any atom is 0.225 e. The fraction of sp³-hybridized carbons (Fsp3) is 0.630. The van der Waals surface area contributed by atoms with E-state index in [0.717, 1.165) is 53.1 Å². The van der Waals surface area contributed by atoms with E-state index in [1.54, 1.807) is 0 Å². The van der Waals surface area contributed by atoms with Crippen molar-refractivity contribution in [2.45, 2.75) is 97.9 Å². The van der Waals surface area contributed by atoms with Crippen molar-refractivity contribution < 1.29 is 4.79 Å². The molecule has 2 atom stereocenters. The van der Waals surface area contributed by atoms with Gasteiger partial charge in [0.2, 0.25) is 5.91 Å². The highest BCUT2D eigenvalue weighted by molar-refractivity contribution is 5.92. The van der Waals surface area contributed by atoms with Crippen LogP contribution in [0.15, 0.2) is 18.2 Å². The molecule has 1 saturated carbocycles. The molecule has 0 saturated heterocycles. The van der Waals surface area contributed by atoms with Gasteiger partial charge in [0.05, 0.1) is 6.07 Å². The van der Waals surface area contributed by atoms with Gasteiger partial charge in [-0.1, -0.05) is 38.0 Å². The van der Waals surface area contributed by atoms with Gasteiger partial charge in [-0.15, -0.1) is 10.2 Å². The first kappa shape index (κ1) is 25.0. The van der Waals surface area contributed by atoms with Crippen molar-refractivity contribution in [3.05, 3.63) is 41.0 Å². The van der Waals surface area contributed by atoms with Gasteiger partial charge in [0, 0.05) is 36.4 Å². The van der Waals surface area contributed by atoms with E-state index in [1.165, 1.54) is 12.8 Å². The predicted octanol–water partition coefficient (Wildman–Crippen LogP) is 6.43. The third-order valence-corrected chi connectivity index (χ3v) is 7.09. The number of amides is 1. The van der Waals surface area contributed by atoms with Crippen LogP contribution in [0.4, 0.5) is 5.69 Å². The number of aryl methyl sites for hydroxylation is 2. The lowest BCUT2D eigenvalue weighted by Crippen LogP contribution is -2.27. The summed E-state index contributed by atoms with van der Waals surface area (Å²) in [5, 5.41) is 21.6. The first-order valence-electron chi connectivity index (χ1n) is 12.4. The molecule has 1 aromatic carbocycles. The number of nitriles is 1. The average Bonchev–Trinajstić information content (AvgIpc) is 3.16. The molecular weight excluding hydrogens is 410 g/mol. The normalized spacial score (nSPS) is 19.6. The van der Waals surface area contributed by atoms with Crippen LogP contribution in [0, 0.1) is 37.0 Å². The Morgan fingerprint density at radius 3 is 2.58 bits per heavy atom. The zero-order valence-corrected chi connectivity index (χ0v) is 21.1. The molecule has 0 aliphatic heterocycles. The van der Waals surface area contributed by atoms with Crippen molar-refractivity contribution in [3.63, 3.8) is 0 Å². The van der Waals surface area contributed by atoms with Crippen LogP contribution in [-0.2, 0) is 4.79 Å². The highest BCUT2D eigenvalue weighted by atomic mass is 16.1. The monoisotopic (exact) mass is 449 g/mol. The number of nitrogens with zero attached hydrogens (tertiary/aromatic N) is 4. The fourth-order valence-electron chi connectivity index (χ4n) is 5.02. The molecular formula is C27H39N5O. The van der Waals surface area contributed by atoms with Gasteiger partial charge >= 0.3 is 0 Å². The van der Waals surface area contributed by atoms with Crippen LogP contribution in [0.5, 0.6) is 0 Å². The Kier molecular flexibility index (Phi) is 8.29. The smallest absolute Gasteiger partial charge is 0.225 e. The Labute approximate surface area is 198 Å². The lowest BCUT2D eigenvalue weighted by atomic mass is 9.70. The van der Waals surface area contributed by atoms with Gasteiger partial charge in [-0.3, -0.25) is 4.79 Å². The van der Waals surface area contributed by atoms with Crippen LogP contribution in [0.3, 0.4) is 0 Å². The summed E-state index contributed by atoms with van der Waals surface area (Å²) >= 11 is 0. The molecule has 1 N–H and O–H groups in total. The van der Waals surface area contributed by atoms with Crippen LogP contribution in [0.1, 0.15) is 107 Å². The highest BCUT2D eigenvalue weighted by Crippen LogP contribution is 2.45. The minimum atomic E-state index is -0.277. The molecule has 1 fully saturated rings. The number of hydrogen-bond donors (Lipinski definition) is 1. The van der Waals surface area contributed by atoms with Crippen molar-refractivity contribution in [1.29, 1.82) is 5.26 Å². The van der Waals surface area contributed by atoms with Gasteiger partial charge < -0.3 is 9.88 Å². The van der Waals surface area contributed by atoms with Crippen molar-refractivity contribution in [2.75, 3.05) is 5.32 Å². The van der Waals surface area contributed by atoms with Crippen LogP contribution >= 0.6 is 0 Å². The SMILES string of the molecule is CCC(C)CC1CC(c2nnc(C(CC#N)CC(=O)Nc3ccc(C)cc3C)n2C(C)C)C1. The second kappa shape index (κ2) is 11.0. The summed E-state index contributed by atoms with van der Waals surface area (Å²) in [6, 6.07) is 8.42. The molecule has 3 rings (SSSR count). The first-order valence-corrected chi connectivity index (χ1v) is 12.4. The predicted molar refractivity (Wildman–Crippen MR) is 132 cm³/mol. The highest BCUT2D eigenvalue weighted by Gasteiger charge is 2.36. The standard InChI is InChI=1S/C27H39N5O/c1-7-18(4)13-21-14-23(15-21)27-31-30-26(32(27)17(2)3)22(10-11-28)16-25(33)29-24-9-8-19(5)12-20(24)6/h8-9,12,17-18,21-23H,7,10,13-16H2,1-6H3,(H,29,33). The summed E-state index contributed by atoms with van der Waals surface area (Å²) in [5.74, 6) is 3.38. The van der Waals surface area contributed by atoms with E-state index in [1.807, 2.05) is 26.0 Å². The summed E-state index contributed by atoms with van der Waals surface area (Å²) in [6.45, 7) is 12.9. The average molecular weight is 450 g/mol. The molecule has 0 bridgehead atoms. The Hall–Kier alpha value is -2.68. The number of carbonyl (C=O) groups excluding carboxylic acids is 1. The maximum atomic E-state index is 12.9. The summed E-state index contributed by atoms with van der Waals surface area (Å²) in [4.78, 5) is 12.9. The summed E-state index contributed by atoms with van der Waals surface area (Å²) in [5.41, 5.74) is 3.01. The maximum absolute atomic E-state index is 12.9. The number of aromatic nitrogens is 3. The van der Waals surface area contributed by atoms with Crippen molar-refractivity contribution in [3.8, 4) is 6.07 Å². The number of benzene rings is 1. The minimum absolute atomic E-state index is 0.0979. The Bertz CT molecular complexity index is 996. The van der Waals surface area contributed by atoms with Crippen LogP contribution < -0.4 is 5.32 Å². The lowest BCUT2D eigenvalue weighted by molar-refractivity contribution is -0.116. The largest absolute Gasteiger partial charge is 0.326 e. The van der Waals surface area contributed by atoms with Gasteiger partial charge in [0.1, 0.15) is 11.6 Å². The lowest BCUT2D eigenvalue weighted by Gasteiger charge is -2.37. The molecule has 178 valence electrons. The second-order valence-electron chi connectivity index (χ2n) is 10.3. The first-order chi connectivity index (χ1) is 15.7. The molecule has 0 spiro atoms. The molecule has 1 heterocycles. The zero-order chi connectivity index (χ0) is 24.1. The molecule has 6 heteroatoms. The van der Waals surface area contributed by atoms with Gasteiger partial charge in [0.15, 0.2) is 0 Å². The number of rotatable bonds is 10. The third kappa shape index (κ3) is 6.01. The zero-order valence-electron chi connectivity index (χ0n) is 21.1. The van der Waals surface area contributed by atoms with Crippen molar-refractivity contribution in [1.82, 2.24) is 14.8 Å². The summed E-state index contributed by atoms with van der Waals surface area (Å²) in [7, 11) is 0. The Balaban J connectivity index is 1.75. The quantitative estimate of drug-likeness (QED) is 0.453. The van der Waals surface area contributed by atoms with E-state index in [0.29, 0.717) is 5.92 Å². The van der Waals surface area contributed by atoms with E-state index < -0.39 is 0 Å². The van der Waals surface area contributed by atoms with Crippen LogP contribution in [0.2, 0.25) is 0 Å². The summed E-state index contributed by atoms with van der Waals surface area (Å²) < 4.78 is 2.19. The Morgan fingerprint density at radius 1 is 1.24 bits per heavy atom. The van der Waals surface area contributed by atoms with Crippen LogP contribution in [-0.4, -0.2) is 20.7 Å². The molecule has 1 amide bonds. The molecule has 0 radical (unpaired) electrons. The minimum Gasteiger partial charge on any atom is -0.326 e. The molecule has 2 aromatic rings. The Morgan fingerprint density at radius 2 is 1.97 bits per heavy atom. The number of hydrogen-bond acceptors (Lipinski definition) is 4. The molecule has 1 aliphatic rings. The van der Waals surface area contributed by atoms with Gasteiger partial charge in [-0.25, -0.2) is 0 Å². The number of nitrogens with one attached hydrogen (secondary N) is 1. The van der Waals surface area contributed by atoms with Gasteiger partial charge in [-0.05, 0) is 70.4 Å². The van der Waals surface area contributed by atoms with Crippen LogP contribution in [0.25, 0.3) is 0 Å². The summed E-state index contributed by atoms with van der Waals surface area (Å²) in [6.07, 6.45) is 5.29. The van der Waals surface area contributed by atoms with Crippen molar-refractivity contribution >= 4 is 11.6 Å². The topological polar surface area (TPSA) is 83.6 Å². The van der Waals surface area contributed by atoms with Gasteiger partial charge in [-0.2, -0.15) is 5.26 Å². The third-order valence-electron chi connectivity index (χ3n) is 7.09. The fourth-order valence-corrected chi connectivity index (χ4v) is 5.02. The molecule has 2 unspecified atom stereocenters. The molecule has 33 heavy (non-hydrogen) atoms. The van der Waals surface area contributed by atoms with E-state index in [4.69, 9.17) is 0 Å². The van der Waals surface area contributed by atoms with Gasteiger partial charge in [0.25, 0.3) is 0 Å². The second-order valence-corrected chi connectivity index (χ2v) is 10.3. The molecule has 1 aromatic heterocycles. The molecule has 6 nitrogen and oxygen atoms in total. The van der Waals surface area contributed by atoms with E-state index >= 15 is 0 Å². The molecule has 1 aliphatic carbocycles.